The summed E-state index contributed by atoms with van der Waals surface area (Å²) in [6, 6.07) is 5.87. The lowest BCUT2D eigenvalue weighted by molar-refractivity contribution is 0.218. The van der Waals surface area contributed by atoms with E-state index in [1.807, 2.05) is 37.1 Å². The molecule has 0 fully saturated rings. The Balaban J connectivity index is 2.28. The summed E-state index contributed by atoms with van der Waals surface area (Å²) in [6.07, 6.45) is 0.549. The topological polar surface area (TPSA) is 72.4 Å². The molecule has 0 saturated carbocycles. The summed E-state index contributed by atoms with van der Waals surface area (Å²) in [5.74, 6) is 0.888. The van der Waals surface area contributed by atoms with Gasteiger partial charge in [-0.05, 0) is 31.5 Å². The fourth-order valence-corrected chi connectivity index (χ4v) is 2.11. The number of hydrogen-bond acceptors (Lipinski definition) is 4. The van der Waals surface area contributed by atoms with Crippen molar-refractivity contribution >= 4 is 16.7 Å². The van der Waals surface area contributed by atoms with Crippen LogP contribution in [0.15, 0.2) is 18.2 Å². The highest BCUT2D eigenvalue weighted by molar-refractivity contribution is 5.79. The van der Waals surface area contributed by atoms with Crippen molar-refractivity contribution in [2.45, 2.75) is 19.4 Å². The standard InChI is InChI=1S/C13H19N3O2/c1-9-14-12-4-3-10(7-13(12)15-9)16(2)11(8-18)5-6-17/h3-4,7,11,17-18H,5-6,8H2,1-2H3,(H,14,15). The highest BCUT2D eigenvalue weighted by atomic mass is 16.3. The van der Waals surface area contributed by atoms with Crippen LogP contribution in [-0.2, 0) is 0 Å². The first-order valence-electron chi connectivity index (χ1n) is 6.06. The van der Waals surface area contributed by atoms with Crippen molar-refractivity contribution in [2.75, 3.05) is 25.2 Å². The average molecular weight is 249 g/mol. The molecule has 0 aliphatic heterocycles. The van der Waals surface area contributed by atoms with Crippen molar-refractivity contribution in [3.8, 4) is 0 Å². The SMILES string of the molecule is Cc1nc2ccc(N(C)C(CO)CCO)cc2[nH]1. The first-order valence-corrected chi connectivity index (χ1v) is 6.06. The van der Waals surface area contributed by atoms with Crippen LogP contribution in [0, 0.1) is 6.92 Å². The van der Waals surface area contributed by atoms with E-state index in [2.05, 4.69) is 9.97 Å². The molecule has 5 nitrogen and oxygen atoms in total. The van der Waals surface area contributed by atoms with Gasteiger partial charge in [0.25, 0.3) is 0 Å². The van der Waals surface area contributed by atoms with E-state index >= 15 is 0 Å². The van der Waals surface area contributed by atoms with Crippen molar-refractivity contribution in [1.29, 1.82) is 0 Å². The predicted molar refractivity (Wildman–Crippen MR) is 71.8 cm³/mol. The fourth-order valence-electron chi connectivity index (χ4n) is 2.11. The number of rotatable bonds is 5. The van der Waals surface area contributed by atoms with Crippen LogP contribution in [0.5, 0.6) is 0 Å². The van der Waals surface area contributed by atoms with Gasteiger partial charge >= 0.3 is 0 Å². The van der Waals surface area contributed by atoms with Crippen molar-refractivity contribution in [1.82, 2.24) is 9.97 Å². The summed E-state index contributed by atoms with van der Waals surface area (Å²) in [7, 11) is 1.92. The smallest absolute Gasteiger partial charge is 0.104 e. The van der Waals surface area contributed by atoms with Crippen LogP contribution in [0.4, 0.5) is 5.69 Å². The highest BCUT2D eigenvalue weighted by Gasteiger charge is 2.14. The molecular formula is C13H19N3O2. The molecule has 98 valence electrons. The van der Waals surface area contributed by atoms with Crippen LogP contribution in [-0.4, -0.2) is 46.5 Å². The Hall–Kier alpha value is -1.59. The van der Waals surface area contributed by atoms with Gasteiger partial charge in [0.05, 0.1) is 23.7 Å². The molecule has 0 aliphatic rings. The Morgan fingerprint density at radius 2 is 2.17 bits per heavy atom. The maximum Gasteiger partial charge on any atom is 0.104 e. The van der Waals surface area contributed by atoms with Gasteiger partial charge in [0.15, 0.2) is 0 Å². The molecule has 0 bridgehead atoms. The third-order valence-electron chi connectivity index (χ3n) is 3.21. The minimum atomic E-state index is -0.0727. The van der Waals surface area contributed by atoms with Gasteiger partial charge in [0.2, 0.25) is 0 Å². The van der Waals surface area contributed by atoms with Crippen molar-refractivity contribution in [2.24, 2.45) is 0 Å². The number of nitrogens with one attached hydrogen (secondary N) is 1. The van der Waals surface area contributed by atoms with E-state index in [0.717, 1.165) is 22.5 Å². The molecule has 0 spiro atoms. The van der Waals surface area contributed by atoms with Gasteiger partial charge in [-0.3, -0.25) is 0 Å². The number of imidazole rings is 1. The number of H-pyrrole nitrogens is 1. The number of fused-ring (bicyclic) bond motifs is 1. The van der Waals surface area contributed by atoms with Gasteiger partial charge in [-0.15, -0.1) is 0 Å². The summed E-state index contributed by atoms with van der Waals surface area (Å²) in [5.41, 5.74) is 2.92. The maximum absolute atomic E-state index is 9.33. The fraction of sp³-hybridized carbons (Fsp3) is 0.462. The summed E-state index contributed by atoms with van der Waals surface area (Å²) in [4.78, 5) is 9.52. The van der Waals surface area contributed by atoms with Gasteiger partial charge < -0.3 is 20.1 Å². The molecule has 18 heavy (non-hydrogen) atoms. The minimum absolute atomic E-state index is 0.0249. The number of aliphatic hydroxyl groups is 2. The molecule has 1 heterocycles. The largest absolute Gasteiger partial charge is 0.396 e. The normalized spacial score (nSPS) is 12.9. The predicted octanol–water partition coefficient (Wildman–Crippen LogP) is 1.05. The van der Waals surface area contributed by atoms with Crippen LogP contribution in [0.2, 0.25) is 0 Å². The Bertz CT molecular complexity index is 524. The van der Waals surface area contributed by atoms with E-state index in [1.165, 1.54) is 0 Å². The molecular weight excluding hydrogens is 230 g/mol. The number of aryl methyl sites for hydroxylation is 1. The Kier molecular flexibility index (Phi) is 3.84. The lowest BCUT2D eigenvalue weighted by Gasteiger charge is -2.28. The monoisotopic (exact) mass is 249 g/mol. The third kappa shape index (κ3) is 2.47. The molecule has 1 aromatic heterocycles. The van der Waals surface area contributed by atoms with E-state index in [1.54, 1.807) is 0 Å². The van der Waals surface area contributed by atoms with Crippen molar-refractivity contribution in [3.63, 3.8) is 0 Å². The number of hydrogen-bond donors (Lipinski definition) is 3. The molecule has 1 aromatic carbocycles. The van der Waals surface area contributed by atoms with Crippen molar-refractivity contribution in [3.05, 3.63) is 24.0 Å². The van der Waals surface area contributed by atoms with E-state index in [-0.39, 0.29) is 19.3 Å². The van der Waals surface area contributed by atoms with Crippen LogP contribution in [0.25, 0.3) is 11.0 Å². The minimum Gasteiger partial charge on any atom is -0.396 e. The van der Waals surface area contributed by atoms with E-state index in [9.17, 15) is 5.11 Å². The first kappa shape index (κ1) is 12.9. The van der Waals surface area contributed by atoms with Crippen LogP contribution < -0.4 is 4.90 Å². The van der Waals surface area contributed by atoms with E-state index < -0.39 is 0 Å². The second kappa shape index (κ2) is 5.37. The zero-order valence-electron chi connectivity index (χ0n) is 10.7. The summed E-state index contributed by atoms with van der Waals surface area (Å²) in [6.45, 7) is 2.02. The van der Waals surface area contributed by atoms with Gasteiger partial charge in [-0.25, -0.2) is 4.98 Å². The number of benzene rings is 1. The number of aliphatic hydroxyl groups excluding tert-OH is 2. The zero-order valence-corrected chi connectivity index (χ0v) is 10.7. The summed E-state index contributed by atoms with van der Waals surface area (Å²) in [5, 5.41) is 18.3. The number of aromatic amines is 1. The molecule has 0 saturated heterocycles. The number of anilines is 1. The van der Waals surface area contributed by atoms with Gasteiger partial charge in [-0.2, -0.15) is 0 Å². The maximum atomic E-state index is 9.33. The second-order valence-corrected chi connectivity index (χ2v) is 4.48. The molecule has 2 aromatic rings. The molecule has 1 unspecified atom stereocenters. The molecule has 1 atom stereocenters. The van der Waals surface area contributed by atoms with Crippen LogP contribution in [0.1, 0.15) is 12.2 Å². The summed E-state index contributed by atoms with van der Waals surface area (Å²) >= 11 is 0. The Labute approximate surface area is 106 Å². The molecule has 0 aliphatic carbocycles. The van der Waals surface area contributed by atoms with Crippen molar-refractivity contribution < 1.29 is 10.2 Å². The lowest BCUT2D eigenvalue weighted by Crippen LogP contribution is -2.35. The molecule has 5 heteroatoms. The van der Waals surface area contributed by atoms with Gasteiger partial charge in [-0.1, -0.05) is 0 Å². The molecule has 0 amide bonds. The first-order chi connectivity index (χ1) is 8.65. The summed E-state index contributed by atoms with van der Waals surface area (Å²) < 4.78 is 0. The number of aromatic nitrogens is 2. The Morgan fingerprint density at radius 1 is 1.39 bits per heavy atom. The van der Waals surface area contributed by atoms with Gasteiger partial charge in [0, 0.05) is 19.3 Å². The lowest BCUT2D eigenvalue weighted by atomic mass is 10.1. The van der Waals surface area contributed by atoms with Gasteiger partial charge in [0.1, 0.15) is 5.82 Å². The second-order valence-electron chi connectivity index (χ2n) is 4.48. The highest BCUT2D eigenvalue weighted by Crippen LogP contribution is 2.22. The molecule has 2 rings (SSSR count). The molecule has 0 radical (unpaired) electrons. The number of nitrogens with zero attached hydrogens (tertiary/aromatic N) is 2. The van der Waals surface area contributed by atoms with E-state index in [0.29, 0.717) is 6.42 Å². The van der Waals surface area contributed by atoms with E-state index in [4.69, 9.17) is 5.11 Å². The number of likely N-dealkylation sites (N-methyl/N-ethyl adjacent to an activating group) is 1. The van der Waals surface area contributed by atoms with Crippen LogP contribution >= 0.6 is 0 Å². The molecule has 3 N–H and O–H groups in total. The average Bonchev–Trinajstić information content (AvgIpc) is 2.74. The Morgan fingerprint density at radius 3 is 2.83 bits per heavy atom. The quantitative estimate of drug-likeness (QED) is 0.740. The van der Waals surface area contributed by atoms with Crippen LogP contribution in [0.3, 0.4) is 0 Å². The third-order valence-corrected chi connectivity index (χ3v) is 3.21. The zero-order chi connectivity index (χ0) is 13.1.